The number of nitrogens with zero attached hydrogens (tertiary/aromatic N) is 4. The van der Waals surface area contributed by atoms with E-state index in [1.165, 1.54) is 65.9 Å². The highest BCUT2D eigenvalue weighted by molar-refractivity contribution is 6.00. The van der Waals surface area contributed by atoms with Gasteiger partial charge in [-0.05, 0) is 90.6 Å². The maximum atomic E-state index is 12.7. The number of nitrogens with one attached hydrogen (secondary N) is 1. The smallest absolute Gasteiger partial charge is 0.244 e. The summed E-state index contributed by atoms with van der Waals surface area (Å²) < 4.78 is 18.8. The first-order valence-electron chi connectivity index (χ1n) is 22.2. The summed E-state index contributed by atoms with van der Waals surface area (Å²) in [6.45, 7) is 8.44. The topological polar surface area (TPSA) is 110 Å². The lowest BCUT2D eigenvalue weighted by Crippen LogP contribution is -2.59. The monoisotopic (exact) mass is 807 g/mol. The summed E-state index contributed by atoms with van der Waals surface area (Å²) in [4.78, 5) is 34.5. The molecule has 0 bridgehead atoms. The van der Waals surface area contributed by atoms with Crippen molar-refractivity contribution in [2.24, 2.45) is 11.3 Å². The van der Waals surface area contributed by atoms with Crippen LogP contribution >= 0.6 is 0 Å². The summed E-state index contributed by atoms with van der Waals surface area (Å²) in [5.41, 5.74) is 8.99. The standard InChI is InChI=1S/C49H53N5O6/c55-36-10-11-37-42(21-36)59-27-39(31-4-2-1-3-5-31)45(37)32-6-8-34(9-7-32)52-28-49(29-52)16-14-30(15-17-49)23-51-18-19-53-35(25-51)26-58-43-22-38-33(20-41(43)53)24-54(48-46(38)60-48)40-12-13-44(56)50-47(40)57/h1-11,20-22,30,35,39-40,45-46,48,55H,12-19,23-29H2,(H,50,56,57)/t35?,39-,40+,45-,46?,48?/m0/s1. The molecule has 310 valence electrons. The van der Waals surface area contributed by atoms with Crippen molar-refractivity contribution >= 4 is 23.2 Å². The zero-order valence-electron chi connectivity index (χ0n) is 34.0. The van der Waals surface area contributed by atoms with Crippen molar-refractivity contribution in [3.8, 4) is 17.2 Å². The second-order valence-corrected chi connectivity index (χ2v) is 18.9. The molecule has 11 nitrogen and oxygen atoms in total. The molecular formula is C49H53N5O6. The number of hydrogen-bond acceptors (Lipinski definition) is 10. The van der Waals surface area contributed by atoms with Crippen LogP contribution < -0.4 is 24.6 Å². The minimum atomic E-state index is -0.334. The third kappa shape index (κ3) is 6.34. The predicted molar refractivity (Wildman–Crippen MR) is 227 cm³/mol. The van der Waals surface area contributed by atoms with Crippen molar-refractivity contribution in [2.75, 3.05) is 62.3 Å². The van der Waals surface area contributed by atoms with Crippen molar-refractivity contribution < 1.29 is 28.9 Å². The summed E-state index contributed by atoms with van der Waals surface area (Å²) in [6, 6.07) is 30.0. The van der Waals surface area contributed by atoms with Gasteiger partial charge in [-0.3, -0.25) is 24.7 Å². The molecule has 4 aromatic rings. The molecule has 2 N–H and O–H groups in total. The van der Waals surface area contributed by atoms with Gasteiger partial charge < -0.3 is 29.1 Å². The number of imide groups is 1. The molecule has 60 heavy (non-hydrogen) atoms. The molecule has 11 heteroatoms. The minimum absolute atomic E-state index is 0.0414. The highest BCUT2D eigenvalue weighted by atomic mass is 16.6. The first-order valence-corrected chi connectivity index (χ1v) is 22.2. The molecule has 4 aromatic carbocycles. The van der Waals surface area contributed by atoms with Crippen LogP contribution in [0, 0.1) is 11.3 Å². The molecule has 0 radical (unpaired) electrons. The van der Waals surface area contributed by atoms with Gasteiger partial charge in [0.15, 0.2) is 0 Å². The van der Waals surface area contributed by atoms with Gasteiger partial charge in [0.25, 0.3) is 0 Å². The maximum Gasteiger partial charge on any atom is 0.244 e. The Balaban J connectivity index is 0.654. The lowest BCUT2D eigenvalue weighted by Gasteiger charge is -2.55. The van der Waals surface area contributed by atoms with Crippen LogP contribution in [0.25, 0.3) is 0 Å². The van der Waals surface area contributed by atoms with E-state index >= 15 is 0 Å². The highest BCUT2D eigenvalue weighted by Crippen LogP contribution is 2.53. The SMILES string of the molecule is O=C1CC[C@@H](N2Cc3cc4c(cc3C3OC32)OCC2CN(CC3CCC5(CC3)CN(c3ccc([C@H]6c7ccc(O)cc7OC[C@H]6c6ccccc6)cc3)C5)CCN42)C(=O)N1. The Hall–Kier alpha value is -5.10. The van der Waals surface area contributed by atoms with Crippen molar-refractivity contribution in [3.63, 3.8) is 0 Å². The first-order chi connectivity index (χ1) is 29.3. The maximum absolute atomic E-state index is 12.7. The van der Waals surface area contributed by atoms with Gasteiger partial charge >= 0.3 is 0 Å². The van der Waals surface area contributed by atoms with Crippen LogP contribution in [0.15, 0.2) is 84.9 Å². The molecule has 12 rings (SSSR count). The Labute approximate surface area is 351 Å². The fourth-order valence-electron chi connectivity index (χ4n) is 12.0. The van der Waals surface area contributed by atoms with Gasteiger partial charge in [-0.25, -0.2) is 0 Å². The van der Waals surface area contributed by atoms with Crippen molar-refractivity contribution in [2.45, 2.75) is 81.3 Å². The Bertz CT molecular complexity index is 2320. The number of amides is 2. The number of piperidine rings is 1. The van der Waals surface area contributed by atoms with Gasteiger partial charge in [0.1, 0.15) is 36.2 Å². The largest absolute Gasteiger partial charge is 0.508 e. The average Bonchev–Trinajstić information content (AvgIpc) is 4.07. The molecule has 2 amide bonds. The molecule has 1 aliphatic carbocycles. The lowest BCUT2D eigenvalue weighted by atomic mass is 9.65. The fourth-order valence-corrected chi connectivity index (χ4v) is 12.0. The Morgan fingerprint density at radius 1 is 0.817 bits per heavy atom. The van der Waals surface area contributed by atoms with E-state index in [0.717, 1.165) is 55.7 Å². The number of aromatic hydroxyl groups is 1. The summed E-state index contributed by atoms with van der Waals surface area (Å²) >= 11 is 0. The Morgan fingerprint density at radius 2 is 1.63 bits per heavy atom. The zero-order valence-corrected chi connectivity index (χ0v) is 34.0. The van der Waals surface area contributed by atoms with E-state index in [4.69, 9.17) is 14.2 Å². The number of benzene rings is 4. The second kappa shape index (κ2) is 14.2. The molecule has 1 spiro atoms. The third-order valence-corrected chi connectivity index (χ3v) is 15.3. The zero-order chi connectivity index (χ0) is 40.1. The summed E-state index contributed by atoms with van der Waals surface area (Å²) in [5.74, 6) is 2.67. The number of fused-ring (bicyclic) bond motifs is 7. The Kier molecular flexibility index (Phi) is 8.72. The fraction of sp³-hybridized carbons (Fsp3) is 0.469. The number of ether oxygens (including phenoxy) is 3. The summed E-state index contributed by atoms with van der Waals surface area (Å²) in [6.07, 6.45) is 5.98. The molecule has 7 heterocycles. The number of carbonyl (C=O) groups is 2. The van der Waals surface area contributed by atoms with Crippen LogP contribution in [-0.4, -0.2) is 97.5 Å². The van der Waals surface area contributed by atoms with Gasteiger partial charge in [0.05, 0.1) is 24.4 Å². The van der Waals surface area contributed by atoms with Crippen LogP contribution in [0.1, 0.15) is 84.3 Å². The minimum Gasteiger partial charge on any atom is -0.508 e. The molecule has 7 aliphatic heterocycles. The van der Waals surface area contributed by atoms with Gasteiger partial charge in [-0.15, -0.1) is 0 Å². The van der Waals surface area contributed by atoms with E-state index in [1.807, 2.05) is 6.07 Å². The van der Waals surface area contributed by atoms with Crippen LogP contribution in [0.5, 0.6) is 17.2 Å². The van der Waals surface area contributed by atoms with E-state index in [1.54, 1.807) is 12.1 Å². The normalized spacial score (nSPS) is 29.5. The molecule has 4 saturated heterocycles. The molecule has 6 atom stereocenters. The van der Waals surface area contributed by atoms with Crippen LogP contribution in [0.3, 0.4) is 0 Å². The lowest BCUT2D eigenvalue weighted by molar-refractivity contribution is -0.138. The number of piperazine rings is 1. The van der Waals surface area contributed by atoms with Crippen molar-refractivity contribution in [3.05, 3.63) is 113 Å². The van der Waals surface area contributed by atoms with E-state index in [9.17, 15) is 14.7 Å². The first kappa shape index (κ1) is 36.7. The van der Waals surface area contributed by atoms with Crippen molar-refractivity contribution in [1.29, 1.82) is 0 Å². The van der Waals surface area contributed by atoms with Gasteiger partial charge in [-0.1, -0.05) is 48.5 Å². The molecule has 5 fully saturated rings. The number of phenolic OH excluding ortho intramolecular Hbond substituents is 1. The average molecular weight is 808 g/mol. The second-order valence-electron chi connectivity index (χ2n) is 18.9. The molecule has 0 aromatic heterocycles. The number of rotatable bonds is 6. The van der Waals surface area contributed by atoms with Gasteiger partial charge in [-0.2, -0.15) is 0 Å². The summed E-state index contributed by atoms with van der Waals surface area (Å²) in [5, 5.41) is 12.7. The van der Waals surface area contributed by atoms with Gasteiger partial charge in [0.2, 0.25) is 11.8 Å². The molecule has 1 saturated carbocycles. The van der Waals surface area contributed by atoms with Crippen LogP contribution in [-0.2, 0) is 20.9 Å². The van der Waals surface area contributed by atoms with E-state index < -0.39 is 0 Å². The van der Waals surface area contributed by atoms with Gasteiger partial charge in [0, 0.05) is 86.8 Å². The van der Waals surface area contributed by atoms with E-state index in [2.05, 4.69) is 91.6 Å². The van der Waals surface area contributed by atoms with E-state index in [0.29, 0.717) is 44.1 Å². The predicted octanol–water partition coefficient (Wildman–Crippen LogP) is 6.30. The quantitative estimate of drug-likeness (QED) is 0.170. The number of epoxide rings is 1. The molecule has 3 unspecified atom stereocenters. The van der Waals surface area contributed by atoms with Crippen LogP contribution in [0.4, 0.5) is 11.4 Å². The van der Waals surface area contributed by atoms with E-state index in [-0.39, 0.29) is 47.8 Å². The van der Waals surface area contributed by atoms with Crippen LogP contribution in [0.2, 0.25) is 0 Å². The molecule has 8 aliphatic rings. The Morgan fingerprint density at radius 3 is 2.45 bits per heavy atom. The highest BCUT2D eigenvalue weighted by Gasteiger charge is 2.54. The number of hydrogen-bond donors (Lipinski definition) is 2. The number of carbonyl (C=O) groups excluding carboxylic acids is 2. The third-order valence-electron chi connectivity index (χ3n) is 15.3. The van der Waals surface area contributed by atoms with Crippen molar-refractivity contribution in [1.82, 2.24) is 15.1 Å². The number of phenols is 1. The number of anilines is 2. The molecular weight excluding hydrogens is 755 g/mol. The summed E-state index contributed by atoms with van der Waals surface area (Å²) in [7, 11) is 0.